The van der Waals surface area contributed by atoms with Crippen LogP contribution >= 0.6 is 0 Å². The molecule has 1 fully saturated rings. The van der Waals surface area contributed by atoms with Crippen molar-refractivity contribution in [2.75, 3.05) is 20.3 Å². The van der Waals surface area contributed by atoms with Crippen molar-refractivity contribution in [1.29, 1.82) is 0 Å². The topological polar surface area (TPSA) is 44.8 Å². The summed E-state index contributed by atoms with van der Waals surface area (Å²) in [6.45, 7) is 4.96. The van der Waals surface area contributed by atoms with E-state index in [1.807, 2.05) is 13.8 Å². The summed E-state index contributed by atoms with van der Waals surface area (Å²) in [6, 6.07) is 0. The molecule has 4 heteroatoms. The van der Waals surface area contributed by atoms with Crippen LogP contribution in [0.5, 0.6) is 0 Å². The summed E-state index contributed by atoms with van der Waals surface area (Å²) in [5, 5.41) is 0. The molecule has 0 aromatic carbocycles. The first-order valence-corrected chi connectivity index (χ1v) is 6.48. The Balaban J connectivity index is 2.23. The van der Waals surface area contributed by atoms with Crippen LogP contribution in [0.1, 0.15) is 39.5 Å². The number of hydrogen-bond donors (Lipinski definition) is 0. The van der Waals surface area contributed by atoms with Crippen molar-refractivity contribution in [2.45, 2.75) is 51.7 Å². The summed E-state index contributed by atoms with van der Waals surface area (Å²) < 4.78 is 15.9. The second-order valence-electron chi connectivity index (χ2n) is 4.63. The van der Waals surface area contributed by atoms with Crippen LogP contribution in [0.25, 0.3) is 0 Å². The zero-order valence-electron chi connectivity index (χ0n) is 11.1. The van der Waals surface area contributed by atoms with E-state index in [-0.39, 0.29) is 24.1 Å². The first-order valence-electron chi connectivity index (χ1n) is 6.48. The van der Waals surface area contributed by atoms with E-state index in [1.165, 1.54) is 0 Å². The highest BCUT2D eigenvalue weighted by Crippen LogP contribution is 2.27. The summed E-state index contributed by atoms with van der Waals surface area (Å²) in [4.78, 5) is 11.5. The van der Waals surface area contributed by atoms with Gasteiger partial charge in [0, 0.05) is 7.11 Å². The molecule has 1 unspecified atom stereocenters. The number of ether oxygens (including phenoxy) is 3. The van der Waals surface area contributed by atoms with E-state index in [0.717, 1.165) is 25.7 Å². The average Bonchev–Trinajstić information content (AvgIpc) is 2.30. The van der Waals surface area contributed by atoms with Gasteiger partial charge in [-0.1, -0.05) is 0 Å². The van der Waals surface area contributed by atoms with E-state index in [1.54, 1.807) is 7.11 Å². The second kappa shape index (κ2) is 7.67. The van der Waals surface area contributed by atoms with E-state index in [0.29, 0.717) is 13.2 Å². The Morgan fingerprint density at radius 3 is 2.47 bits per heavy atom. The maximum atomic E-state index is 11.5. The zero-order valence-corrected chi connectivity index (χ0v) is 11.1. The van der Waals surface area contributed by atoms with Gasteiger partial charge in [0.2, 0.25) is 0 Å². The van der Waals surface area contributed by atoms with E-state index in [2.05, 4.69) is 0 Å². The lowest BCUT2D eigenvalue weighted by Crippen LogP contribution is -2.30. The Morgan fingerprint density at radius 2 is 1.94 bits per heavy atom. The number of esters is 1. The van der Waals surface area contributed by atoms with Crippen LogP contribution in [0.4, 0.5) is 0 Å². The summed E-state index contributed by atoms with van der Waals surface area (Å²) >= 11 is 0. The van der Waals surface area contributed by atoms with Crippen molar-refractivity contribution in [3.05, 3.63) is 0 Å². The van der Waals surface area contributed by atoms with Gasteiger partial charge in [0.25, 0.3) is 0 Å². The highest BCUT2D eigenvalue weighted by atomic mass is 16.5. The van der Waals surface area contributed by atoms with Gasteiger partial charge in [-0.25, -0.2) is 0 Å². The highest BCUT2D eigenvalue weighted by Gasteiger charge is 2.28. The van der Waals surface area contributed by atoms with Crippen LogP contribution in [-0.4, -0.2) is 38.5 Å². The molecule has 0 saturated heterocycles. The average molecular weight is 244 g/mol. The smallest absolute Gasteiger partial charge is 0.308 e. The Bertz CT molecular complexity index is 221. The van der Waals surface area contributed by atoms with Crippen molar-refractivity contribution >= 4 is 5.97 Å². The summed E-state index contributed by atoms with van der Waals surface area (Å²) in [5.74, 6) is 0.0309. The number of rotatable bonds is 6. The first-order chi connectivity index (χ1) is 8.17. The third-order valence-corrected chi connectivity index (χ3v) is 3.12. The Morgan fingerprint density at radius 1 is 1.29 bits per heavy atom. The van der Waals surface area contributed by atoms with Crippen molar-refractivity contribution in [1.82, 2.24) is 0 Å². The van der Waals surface area contributed by atoms with Gasteiger partial charge < -0.3 is 14.2 Å². The summed E-state index contributed by atoms with van der Waals surface area (Å²) in [6.07, 6.45) is 4.04. The van der Waals surface area contributed by atoms with Crippen molar-refractivity contribution in [3.63, 3.8) is 0 Å². The third kappa shape index (κ3) is 5.04. The molecule has 17 heavy (non-hydrogen) atoms. The van der Waals surface area contributed by atoms with Crippen molar-refractivity contribution in [3.8, 4) is 0 Å². The molecule has 0 aliphatic heterocycles. The fourth-order valence-corrected chi connectivity index (χ4v) is 2.30. The molecule has 0 aromatic heterocycles. The number of carbonyl (C=O) groups is 1. The lowest BCUT2D eigenvalue weighted by atomic mass is 9.87. The van der Waals surface area contributed by atoms with E-state index in [9.17, 15) is 4.79 Å². The summed E-state index contributed by atoms with van der Waals surface area (Å²) in [5.41, 5.74) is 0. The van der Waals surface area contributed by atoms with Crippen LogP contribution < -0.4 is 0 Å². The van der Waals surface area contributed by atoms with E-state index in [4.69, 9.17) is 14.2 Å². The van der Waals surface area contributed by atoms with Gasteiger partial charge in [-0.15, -0.1) is 0 Å². The molecule has 4 nitrogen and oxygen atoms in total. The molecule has 1 rings (SSSR count). The largest absolute Gasteiger partial charge is 0.466 e. The van der Waals surface area contributed by atoms with Gasteiger partial charge in [0.15, 0.2) is 0 Å². The zero-order chi connectivity index (χ0) is 12.7. The fraction of sp³-hybridized carbons (Fsp3) is 0.923. The molecule has 0 aromatic rings. The fourth-order valence-electron chi connectivity index (χ4n) is 2.30. The van der Waals surface area contributed by atoms with E-state index < -0.39 is 0 Å². The quantitative estimate of drug-likeness (QED) is 0.672. The maximum absolute atomic E-state index is 11.5. The molecular weight excluding hydrogens is 220 g/mol. The van der Waals surface area contributed by atoms with Gasteiger partial charge in [-0.3, -0.25) is 4.79 Å². The Hall–Kier alpha value is -0.610. The van der Waals surface area contributed by atoms with Gasteiger partial charge >= 0.3 is 5.97 Å². The molecule has 0 heterocycles. The molecule has 1 aliphatic carbocycles. The lowest BCUT2D eigenvalue weighted by molar-refractivity contribution is -0.150. The lowest BCUT2D eigenvalue weighted by Gasteiger charge is -2.29. The molecule has 1 saturated carbocycles. The van der Waals surface area contributed by atoms with E-state index >= 15 is 0 Å². The molecule has 1 aliphatic rings. The maximum Gasteiger partial charge on any atom is 0.308 e. The Labute approximate surface area is 104 Å². The predicted octanol–water partition coefficient (Wildman–Crippen LogP) is 2.16. The normalized spacial score (nSPS) is 26.5. The van der Waals surface area contributed by atoms with Crippen LogP contribution in [0.3, 0.4) is 0 Å². The van der Waals surface area contributed by atoms with Gasteiger partial charge in [0.1, 0.15) is 0 Å². The number of methoxy groups -OCH3 is 1. The molecule has 1 atom stereocenters. The summed E-state index contributed by atoms with van der Waals surface area (Å²) in [7, 11) is 1.68. The molecule has 0 N–H and O–H groups in total. The Kier molecular flexibility index (Phi) is 6.52. The van der Waals surface area contributed by atoms with Crippen LogP contribution in [0, 0.1) is 5.92 Å². The molecule has 0 radical (unpaired) electrons. The number of hydrogen-bond acceptors (Lipinski definition) is 4. The highest BCUT2D eigenvalue weighted by molar-refractivity contribution is 5.72. The predicted molar refractivity (Wildman–Crippen MR) is 64.8 cm³/mol. The van der Waals surface area contributed by atoms with Gasteiger partial charge in [0.05, 0.1) is 31.3 Å². The second-order valence-corrected chi connectivity index (χ2v) is 4.63. The number of carbonyl (C=O) groups excluding carboxylic acids is 1. The minimum atomic E-state index is -0.0455. The third-order valence-electron chi connectivity index (χ3n) is 3.12. The SMILES string of the molecule is CCOC(=O)[C@H]1CC[C@@H](OC(C)COC)CC1. The van der Waals surface area contributed by atoms with Crippen LogP contribution in [0.15, 0.2) is 0 Å². The molecule has 0 bridgehead atoms. The van der Waals surface area contributed by atoms with Crippen molar-refractivity contribution in [2.24, 2.45) is 5.92 Å². The van der Waals surface area contributed by atoms with Gasteiger partial charge in [-0.2, -0.15) is 0 Å². The first kappa shape index (κ1) is 14.5. The minimum Gasteiger partial charge on any atom is -0.466 e. The minimum absolute atomic E-state index is 0.0455. The van der Waals surface area contributed by atoms with Gasteiger partial charge in [-0.05, 0) is 39.5 Å². The molecular formula is C13H24O4. The monoisotopic (exact) mass is 244 g/mol. The molecule has 0 amide bonds. The van der Waals surface area contributed by atoms with Crippen LogP contribution in [-0.2, 0) is 19.0 Å². The standard InChI is InChI=1S/C13H24O4/c1-4-16-13(14)11-5-7-12(8-6-11)17-10(2)9-15-3/h10-12H,4-9H2,1-3H3/t10?,11-,12+. The van der Waals surface area contributed by atoms with Crippen molar-refractivity contribution < 1.29 is 19.0 Å². The molecule has 0 spiro atoms. The van der Waals surface area contributed by atoms with Crippen LogP contribution in [0.2, 0.25) is 0 Å². The molecule has 100 valence electrons.